The Morgan fingerprint density at radius 2 is 0.923 bits per heavy atom. The van der Waals surface area contributed by atoms with Crippen molar-refractivity contribution in [2.45, 2.75) is 193 Å². The van der Waals surface area contributed by atoms with Crippen LogP contribution in [0.3, 0.4) is 0 Å². The van der Waals surface area contributed by atoms with E-state index in [1.54, 1.807) is 0 Å². The third-order valence-corrected chi connectivity index (χ3v) is 8.59. The molecule has 0 aliphatic heterocycles. The number of carbonyl (C=O) groups excluding carboxylic acids is 1. The Hall–Kier alpha value is -0.660. The van der Waals surface area contributed by atoms with Crippen LogP contribution in [-0.4, -0.2) is 41.9 Å². The molecule has 1 amide bonds. The fourth-order valence-corrected chi connectivity index (χ4v) is 6.04. The molecule has 39 heavy (non-hydrogen) atoms. The van der Waals surface area contributed by atoms with E-state index in [2.05, 4.69) is 19.2 Å². The van der Waals surface area contributed by atoms with Crippen molar-refractivity contribution in [3.8, 4) is 0 Å². The van der Waals surface area contributed by atoms with Gasteiger partial charge >= 0.3 is 0 Å². The highest BCUT2D eigenvalue weighted by Gasteiger charge is 2.26. The number of hydrogen-bond acceptors (Lipinski definition) is 4. The normalized spacial score (nSPS) is 13.4. The van der Waals surface area contributed by atoms with Crippen LogP contribution in [0, 0.1) is 0 Å². The van der Waals surface area contributed by atoms with Crippen LogP contribution in [0.25, 0.3) is 0 Å². The molecule has 6 nitrogen and oxygen atoms in total. The minimum absolute atomic E-state index is 0.246. The predicted molar refractivity (Wildman–Crippen MR) is 166 cm³/mol. The molecule has 0 saturated heterocycles. The Kier molecular flexibility index (Phi) is 27.0. The van der Waals surface area contributed by atoms with Gasteiger partial charge in [-0.05, 0) is 12.8 Å². The zero-order valence-electron chi connectivity index (χ0n) is 25.8. The van der Waals surface area contributed by atoms with E-state index in [1.165, 1.54) is 116 Å². The molecule has 0 aromatic rings. The van der Waals surface area contributed by atoms with E-state index in [0.29, 0.717) is 12.8 Å². The van der Waals surface area contributed by atoms with E-state index >= 15 is 0 Å². The molecular weight excluding hydrogens is 510 g/mol. The monoisotopic (exact) mass is 575 g/mol. The van der Waals surface area contributed by atoms with Gasteiger partial charge in [-0.3, -0.25) is 9.35 Å². The Morgan fingerprint density at radius 1 is 0.590 bits per heavy atom. The average Bonchev–Trinajstić information content (AvgIpc) is 2.88. The van der Waals surface area contributed by atoms with E-state index < -0.39 is 28.0 Å². The van der Waals surface area contributed by atoms with Gasteiger partial charge in [0.2, 0.25) is 5.91 Å². The van der Waals surface area contributed by atoms with Crippen molar-refractivity contribution in [1.29, 1.82) is 0 Å². The second kappa shape index (κ2) is 27.5. The number of carbonyl (C=O) groups is 1. The van der Waals surface area contributed by atoms with Crippen LogP contribution >= 0.6 is 0 Å². The summed E-state index contributed by atoms with van der Waals surface area (Å²) in [6, 6.07) is -0.960. The number of rotatable bonds is 30. The lowest BCUT2D eigenvalue weighted by atomic mass is 10.0. The third-order valence-electron chi connectivity index (χ3n) is 7.81. The maximum absolute atomic E-state index is 12.4. The van der Waals surface area contributed by atoms with E-state index in [4.69, 9.17) is 0 Å². The fraction of sp³-hybridized carbons (Fsp3) is 0.969. The SMILES string of the molecule is CCCCCCCCCCCCCCCCCCC(=O)NC(CS(=O)(=O)O)C(O)CCCCCCCCCC. The Balaban J connectivity index is 3.86. The quantitative estimate of drug-likeness (QED) is 0.0586. The zero-order valence-corrected chi connectivity index (χ0v) is 26.6. The molecule has 0 heterocycles. The highest BCUT2D eigenvalue weighted by atomic mass is 32.2. The molecule has 0 fully saturated rings. The lowest BCUT2D eigenvalue weighted by Crippen LogP contribution is -2.47. The van der Waals surface area contributed by atoms with Crippen LogP contribution < -0.4 is 5.32 Å². The molecule has 234 valence electrons. The van der Waals surface area contributed by atoms with Crippen molar-refractivity contribution in [2.24, 2.45) is 0 Å². The topological polar surface area (TPSA) is 104 Å². The standard InChI is InChI=1S/C32H65NO5S/c1-3-5-7-9-11-13-14-15-16-17-18-19-20-22-24-26-28-32(35)33-30(29-39(36,37)38)31(34)27-25-23-21-12-10-8-6-4-2/h30-31,34H,3-29H2,1-2H3,(H,33,35)(H,36,37,38). The molecule has 0 rings (SSSR count). The Bertz CT molecular complexity index is 640. The van der Waals surface area contributed by atoms with Gasteiger partial charge in [0.05, 0.1) is 17.9 Å². The molecule has 0 aliphatic rings. The summed E-state index contributed by atoms with van der Waals surface area (Å²) in [6.45, 7) is 4.46. The molecule has 0 aromatic heterocycles. The van der Waals surface area contributed by atoms with E-state index in [-0.39, 0.29) is 5.91 Å². The first-order valence-electron chi connectivity index (χ1n) is 16.7. The summed E-state index contributed by atoms with van der Waals surface area (Å²) in [5, 5.41) is 13.2. The van der Waals surface area contributed by atoms with Gasteiger partial charge in [0.25, 0.3) is 10.1 Å². The third kappa shape index (κ3) is 28.7. The van der Waals surface area contributed by atoms with Gasteiger partial charge in [0.1, 0.15) is 0 Å². The van der Waals surface area contributed by atoms with Crippen molar-refractivity contribution in [1.82, 2.24) is 5.32 Å². The number of aliphatic hydroxyl groups is 1. The minimum Gasteiger partial charge on any atom is -0.391 e. The molecule has 0 radical (unpaired) electrons. The lowest BCUT2D eigenvalue weighted by Gasteiger charge is -2.23. The molecule has 2 unspecified atom stereocenters. The largest absolute Gasteiger partial charge is 0.391 e. The predicted octanol–water partition coefficient (Wildman–Crippen LogP) is 8.90. The summed E-state index contributed by atoms with van der Waals surface area (Å²) in [4.78, 5) is 12.4. The summed E-state index contributed by atoms with van der Waals surface area (Å²) in [5.41, 5.74) is 0. The van der Waals surface area contributed by atoms with Gasteiger partial charge in [-0.1, -0.05) is 162 Å². The van der Waals surface area contributed by atoms with E-state index in [1.807, 2.05) is 0 Å². The van der Waals surface area contributed by atoms with Gasteiger partial charge in [-0.2, -0.15) is 8.42 Å². The molecule has 2 atom stereocenters. The number of nitrogens with one attached hydrogen (secondary N) is 1. The summed E-state index contributed by atoms with van der Waals surface area (Å²) >= 11 is 0. The van der Waals surface area contributed by atoms with Gasteiger partial charge in [0, 0.05) is 6.42 Å². The smallest absolute Gasteiger partial charge is 0.266 e. The summed E-state index contributed by atoms with van der Waals surface area (Å²) < 4.78 is 32.2. The first-order valence-corrected chi connectivity index (χ1v) is 18.3. The molecule has 7 heteroatoms. The number of aliphatic hydroxyl groups excluding tert-OH is 1. The van der Waals surface area contributed by atoms with Gasteiger partial charge in [-0.25, -0.2) is 0 Å². The molecule has 0 aliphatic carbocycles. The van der Waals surface area contributed by atoms with Crippen molar-refractivity contribution in [2.75, 3.05) is 5.75 Å². The fourth-order valence-electron chi connectivity index (χ4n) is 5.28. The van der Waals surface area contributed by atoms with Gasteiger partial charge < -0.3 is 10.4 Å². The van der Waals surface area contributed by atoms with E-state index in [0.717, 1.165) is 38.5 Å². The van der Waals surface area contributed by atoms with Crippen LogP contribution in [0.15, 0.2) is 0 Å². The number of unbranched alkanes of at least 4 members (excludes halogenated alkanes) is 22. The average molecular weight is 576 g/mol. The highest BCUT2D eigenvalue weighted by Crippen LogP contribution is 2.15. The molecule has 0 spiro atoms. The molecule has 0 bridgehead atoms. The molecular formula is C32H65NO5S. The van der Waals surface area contributed by atoms with Crippen molar-refractivity contribution in [3.63, 3.8) is 0 Å². The summed E-state index contributed by atoms with van der Waals surface area (Å²) in [7, 11) is -4.29. The Labute approximate surface area is 242 Å². The first-order chi connectivity index (χ1) is 18.8. The highest BCUT2D eigenvalue weighted by molar-refractivity contribution is 7.85. The van der Waals surface area contributed by atoms with Crippen molar-refractivity contribution >= 4 is 16.0 Å². The van der Waals surface area contributed by atoms with Crippen molar-refractivity contribution in [3.05, 3.63) is 0 Å². The molecule has 0 saturated carbocycles. The maximum Gasteiger partial charge on any atom is 0.266 e. The van der Waals surface area contributed by atoms with Crippen molar-refractivity contribution < 1.29 is 22.9 Å². The van der Waals surface area contributed by atoms with E-state index in [9.17, 15) is 22.9 Å². The maximum atomic E-state index is 12.4. The summed E-state index contributed by atoms with van der Waals surface area (Å²) in [5.74, 6) is -0.889. The minimum atomic E-state index is -4.29. The molecule has 3 N–H and O–H groups in total. The summed E-state index contributed by atoms with van der Waals surface area (Å²) in [6.07, 6.45) is 29.2. The van der Waals surface area contributed by atoms with Gasteiger partial charge in [0.15, 0.2) is 0 Å². The Morgan fingerprint density at radius 3 is 1.28 bits per heavy atom. The zero-order chi connectivity index (χ0) is 29.0. The second-order valence-corrected chi connectivity index (χ2v) is 13.3. The molecule has 0 aromatic carbocycles. The second-order valence-electron chi connectivity index (χ2n) is 11.8. The lowest BCUT2D eigenvalue weighted by molar-refractivity contribution is -0.122. The van der Waals surface area contributed by atoms with Crippen LogP contribution in [0.1, 0.15) is 181 Å². The number of amides is 1. The van der Waals surface area contributed by atoms with Crippen LogP contribution in [0.4, 0.5) is 0 Å². The number of hydrogen-bond donors (Lipinski definition) is 3. The van der Waals surface area contributed by atoms with Crippen LogP contribution in [-0.2, 0) is 14.9 Å². The van der Waals surface area contributed by atoms with Crippen LogP contribution in [0.2, 0.25) is 0 Å². The van der Waals surface area contributed by atoms with Crippen LogP contribution in [0.5, 0.6) is 0 Å². The van der Waals surface area contributed by atoms with Gasteiger partial charge in [-0.15, -0.1) is 0 Å². The first kappa shape index (κ1) is 38.3.